The Kier molecular flexibility index (Phi) is 4.22. The van der Waals surface area contributed by atoms with Crippen LogP contribution in [0.3, 0.4) is 0 Å². The molecule has 1 aromatic heterocycles. The summed E-state index contributed by atoms with van der Waals surface area (Å²) in [6.45, 7) is 0. The van der Waals surface area contributed by atoms with Crippen molar-refractivity contribution < 1.29 is 22.8 Å². The average molecular weight is 315 g/mol. The first-order valence-corrected chi connectivity index (χ1v) is 6.37. The highest BCUT2D eigenvalue weighted by atomic mass is 32.1. The summed E-state index contributed by atoms with van der Waals surface area (Å²) in [6.07, 6.45) is -4.11. The molecule has 0 aliphatic carbocycles. The van der Waals surface area contributed by atoms with Crippen molar-refractivity contribution in [1.82, 2.24) is 4.98 Å². The molecule has 0 aliphatic heterocycles. The van der Waals surface area contributed by atoms with Crippen LogP contribution in [0.4, 0.5) is 18.3 Å². The summed E-state index contributed by atoms with van der Waals surface area (Å²) in [5.41, 5.74) is 4.57. The molecular weight excluding hydrogens is 307 g/mol. The van der Waals surface area contributed by atoms with Crippen molar-refractivity contribution in [3.8, 4) is 5.75 Å². The fraction of sp³-hybridized carbons (Fsp3) is 0.0833. The quantitative estimate of drug-likeness (QED) is 0.534. The Bertz CT molecular complexity index is 682. The molecule has 0 radical (unpaired) electrons. The number of nitrogens with zero attached hydrogens (tertiary/aromatic N) is 2. The lowest BCUT2D eigenvalue weighted by molar-refractivity contribution is -0.137. The Morgan fingerprint density at radius 1 is 1.43 bits per heavy atom. The van der Waals surface area contributed by atoms with Crippen LogP contribution in [-0.2, 0) is 11.0 Å². The van der Waals surface area contributed by atoms with Gasteiger partial charge in [-0.05, 0) is 18.2 Å². The number of nitrogens with two attached hydrogens (primary N) is 1. The number of aldehydes is 1. The van der Waals surface area contributed by atoms with Gasteiger partial charge in [-0.3, -0.25) is 4.79 Å². The molecule has 110 valence electrons. The number of nitrogen functional groups attached to an aromatic ring is 1. The van der Waals surface area contributed by atoms with Gasteiger partial charge >= 0.3 is 6.18 Å². The normalized spacial score (nSPS) is 12.2. The maximum Gasteiger partial charge on any atom is 0.416 e. The number of hydrogen-bond donors (Lipinski definition) is 1. The smallest absolute Gasteiger partial charge is 0.375 e. The summed E-state index contributed by atoms with van der Waals surface area (Å²) in [7, 11) is 0. The minimum atomic E-state index is -4.49. The Labute approximate surface area is 120 Å². The minimum absolute atomic E-state index is 0.146. The third kappa shape index (κ3) is 3.78. The topological polar surface area (TPSA) is 77.6 Å². The van der Waals surface area contributed by atoms with Crippen molar-refractivity contribution in [2.24, 2.45) is 5.16 Å². The number of aromatic nitrogens is 1. The number of carbonyl (C=O) groups is 1. The minimum Gasteiger partial charge on any atom is -0.375 e. The standard InChI is InChI=1S/C12H8F3N3O2S/c13-12(14,15)7-2-1-3-8(4-7)20-18-9(5-19)10-6-21-11(16)17-10/h1-6H,(H2,16,17)/b18-9+. The zero-order valence-electron chi connectivity index (χ0n) is 10.3. The Balaban J connectivity index is 2.21. The number of oxime groups is 1. The van der Waals surface area contributed by atoms with E-state index in [0.717, 1.165) is 23.5 Å². The van der Waals surface area contributed by atoms with Crippen LogP contribution >= 0.6 is 11.3 Å². The summed E-state index contributed by atoms with van der Waals surface area (Å²) < 4.78 is 37.6. The SMILES string of the molecule is Nc1nc(/C(C=O)=N/Oc2cccc(C(F)(F)F)c2)cs1. The monoisotopic (exact) mass is 315 g/mol. The van der Waals surface area contributed by atoms with Gasteiger partial charge in [-0.2, -0.15) is 13.2 Å². The van der Waals surface area contributed by atoms with E-state index in [9.17, 15) is 18.0 Å². The van der Waals surface area contributed by atoms with Gasteiger partial charge in [-0.15, -0.1) is 11.3 Å². The first-order chi connectivity index (χ1) is 9.90. The Morgan fingerprint density at radius 2 is 2.19 bits per heavy atom. The van der Waals surface area contributed by atoms with E-state index in [4.69, 9.17) is 10.6 Å². The van der Waals surface area contributed by atoms with E-state index in [0.29, 0.717) is 6.29 Å². The maximum atomic E-state index is 12.5. The van der Waals surface area contributed by atoms with Crippen LogP contribution < -0.4 is 10.6 Å². The van der Waals surface area contributed by atoms with Crippen molar-refractivity contribution in [1.29, 1.82) is 0 Å². The first-order valence-electron chi connectivity index (χ1n) is 5.49. The average Bonchev–Trinajstić information content (AvgIpc) is 2.85. The summed E-state index contributed by atoms with van der Waals surface area (Å²) in [4.78, 5) is 19.6. The zero-order chi connectivity index (χ0) is 15.5. The van der Waals surface area contributed by atoms with Gasteiger partial charge in [0.1, 0.15) is 5.69 Å². The zero-order valence-corrected chi connectivity index (χ0v) is 11.1. The van der Waals surface area contributed by atoms with Gasteiger partial charge in [0.05, 0.1) is 5.56 Å². The third-order valence-electron chi connectivity index (χ3n) is 2.31. The number of carbonyl (C=O) groups excluding carboxylic acids is 1. The predicted octanol–water partition coefficient (Wildman–Crippen LogP) is 2.73. The van der Waals surface area contributed by atoms with Crippen LogP contribution in [0, 0.1) is 0 Å². The van der Waals surface area contributed by atoms with Gasteiger partial charge < -0.3 is 10.6 Å². The summed E-state index contributed by atoms with van der Waals surface area (Å²) in [5.74, 6) is -0.146. The molecule has 1 heterocycles. The summed E-state index contributed by atoms with van der Waals surface area (Å²) in [5, 5.41) is 5.21. The highest BCUT2D eigenvalue weighted by Crippen LogP contribution is 2.31. The fourth-order valence-corrected chi connectivity index (χ4v) is 1.92. The molecule has 9 heteroatoms. The molecule has 2 N–H and O–H groups in total. The molecule has 2 aromatic rings. The van der Waals surface area contributed by atoms with Gasteiger partial charge in [-0.1, -0.05) is 11.2 Å². The molecule has 0 aliphatic rings. The van der Waals surface area contributed by atoms with E-state index in [-0.39, 0.29) is 22.3 Å². The molecule has 1 aromatic carbocycles. The molecule has 0 saturated heterocycles. The lowest BCUT2D eigenvalue weighted by atomic mass is 10.2. The molecule has 0 saturated carbocycles. The summed E-state index contributed by atoms with van der Waals surface area (Å²) in [6, 6.07) is 4.14. The van der Waals surface area contributed by atoms with Crippen LogP contribution in [0.25, 0.3) is 0 Å². The molecule has 0 atom stereocenters. The maximum absolute atomic E-state index is 12.5. The number of rotatable bonds is 4. The number of anilines is 1. The first kappa shape index (κ1) is 15.0. The number of thiazole rings is 1. The van der Waals surface area contributed by atoms with Gasteiger partial charge in [-0.25, -0.2) is 4.98 Å². The molecule has 2 rings (SSSR count). The second-order valence-corrected chi connectivity index (χ2v) is 4.67. The number of alkyl halides is 3. The predicted molar refractivity (Wildman–Crippen MR) is 71.2 cm³/mol. The number of benzene rings is 1. The van der Waals surface area contributed by atoms with Crippen molar-refractivity contribution >= 4 is 28.5 Å². The highest BCUT2D eigenvalue weighted by Gasteiger charge is 2.30. The largest absolute Gasteiger partial charge is 0.416 e. The fourth-order valence-electron chi connectivity index (χ4n) is 1.37. The van der Waals surface area contributed by atoms with Crippen molar-refractivity contribution in [3.05, 3.63) is 40.9 Å². The second-order valence-electron chi connectivity index (χ2n) is 3.78. The van der Waals surface area contributed by atoms with Crippen LogP contribution in [0.2, 0.25) is 0 Å². The lowest BCUT2D eigenvalue weighted by Gasteiger charge is -2.07. The van der Waals surface area contributed by atoms with Crippen LogP contribution in [0.1, 0.15) is 11.3 Å². The molecule has 0 spiro atoms. The molecule has 0 unspecified atom stereocenters. The van der Waals surface area contributed by atoms with E-state index in [2.05, 4.69) is 10.1 Å². The van der Waals surface area contributed by atoms with Crippen LogP contribution in [-0.4, -0.2) is 17.0 Å². The van der Waals surface area contributed by atoms with Gasteiger partial charge in [0.15, 0.2) is 22.9 Å². The van der Waals surface area contributed by atoms with E-state index in [1.807, 2.05) is 0 Å². The molecule has 5 nitrogen and oxygen atoms in total. The van der Waals surface area contributed by atoms with Gasteiger partial charge in [0, 0.05) is 5.38 Å². The van der Waals surface area contributed by atoms with Gasteiger partial charge in [0.2, 0.25) is 0 Å². The van der Waals surface area contributed by atoms with Crippen molar-refractivity contribution in [2.75, 3.05) is 5.73 Å². The number of halogens is 3. The summed E-state index contributed by atoms with van der Waals surface area (Å²) >= 11 is 1.10. The van der Waals surface area contributed by atoms with E-state index >= 15 is 0 Å². The van der Waals surface area contributed by atoms with E-state index in [1.165, 1.54) is 17.5 Å². The molecule has 0 bridgehead atoms. The van der Waals surface area contributed by atoms with E-state index < -0.39 is 11.7 Å². The third-order valence-corrected chi connectivity index (χ3v) is 2.98. The van der Waals surface area contributed by atoms with E-state index in [1.54, 1.807) is 0 Å². The molecular formula is C12H8F3N3O2S. The van der Waals surface area contributed by atoms with Gasteiger partial charge in [0.25, 0.3) is 0 Å². The van der Waals surface area contributed by atoms with Crippen LogP contribution in [0.15, 0.2) is 34.8 Å². The lowest BCUT2D eigenvalue weighted by Crippen LogP contribution is -2.07. The molecule has 0 amide bonds. The molecule has 0 fully saturated rings. The Morgan fingerprint density at radius 3 is 2.76 bits per heavy atom. The number of hydrogen-bond acceptors (Lipinski definition) is 6. The highest BCUT2D eigenvalue weighted by molar-refractivity contribution is 7.13. The Hall–Kier alpha value is -2.42. The van der Waals surface area contributed by atoms with Crippen LogP contribution in [0.5, 0.6) is 5.75 Å². The second kappa shape index (κ2) is 5.92. The molecule has 21 heavy (non-hydrogen) atoms. The van der Waals surface area contributed by atoms with Crippen molar-refractivity contribution in [3.63, 3.8) is 0 Å². The van der Waals surface area contributed by atoms with Crippen molar-refractivity contribution in [2.45, 2.75) is 6.18 Å².